The van der Waals surface area contributed by atoms with Crippen molar-refractivity contribution >= 4 is 33.8 Å². The van der Waals surface area contributed by atoms with Gasteiger partial charge in [0.2, 0.25) is 12.0 Å². The van der Waals surface area contributed by atoms with Crippen LogP contribution in [0.25, 0.3) is 0 Å². The van der Waals surface area contributed by atoms with E-state index < -0.39 is 29.9 Å². The number of ether oxygens (including phenoxy) is 1. The van der Waals surface area contributed by atoms with Crippen LogP contribution >= 0.6 is 15.9 Å². The first-order valence-electron chi connectivity index (χ1n) is 11.5. The van der Waals surface area contributed by atoms with Crippen molar-refractivity contribution in [3.63, 3.8) is 0 Å². The smallest absolute Gasteiger partial charge is 0.408 e. The molecule has 0 unspecified atom stereocenters. The number of halogens is 3. The van der Waals surface area contributed by atoms with E-state index >= 15 is 0 Å². The van der Waals surface area contributed by atoms with Gasteiger partial charge in [0.1, 0.15) is 11.6 Å². The normalized spacial score (nSPS) is 16.9. The highest BCUT2D eigenvalue weighted by atomic mass is 79.9. The summed E-state index contributed by atoms with van der Waals surface area (Å²) in [6.07, 6.45) is 1.14. The van der Waals surface area contributed by atoms with Gasteiger partial charge in [0.05, 0.1) is 6.04 Å². The standard InChI is InChI=1S/C25H28BrF2N3O4/c26-18-8-6-16(7-9-18)14-21-23(35-25(34)31-21)24(33)30-13-2-1-12-29-22(32)5-3-4-17-15-19(27)10-11-20(17)28/h6-11,15,21,23H,1-5,12-14H2,(H,29,32)(H,30,33)(H,31,34)/t21-,23+/m1/s1. The number of carbonyl (C=O) groups excluding carboxylic acids is 3. The fourth-order valence-electron chi connectivity index (χ4n) is 3.78. The number of unbranched alkanes of at least 4 members (excludes halogenated alkanes) is 1. The zero-order valence-corrected chi connectivity index (χ0v) is 20.7. The molecule has 7 nitrogen and oxygen atoms in total. The Morgan fingerprint density at radius 1 is 1.00 bits per heavy atom. The number of carbonyl (C=O) groups is 3. The number of benzene rings is 2. The second-order valence-corrected chi connectivity index (χ2v) is 9.26. The average molecular weight is 552 g/mol. The van der Waals surface area contributed by atoms with Crippen molar-refractivity contribution in [2.24, 2.45) is 0 Å². The topological polar surface area (TPSA) is 96.5 Å². The van der Waals surface area contributed by atoms with Crippen molar-refractivity contribution in [1.82, 2.24) is 16.0 Å². The molecule has 3 N–H and O–H groups in total. The zero-order chi connectivity index (χ0) is 25.2. The van der Waals surface area contributed by atoms with Crippen LogP contribution in [0.5, 0.6) is 0 Å². The predicted molar refractivity (Wildman–Crippen MR) is 130 cm³/mol. The molecule has 3 amide bonds. The van der Waals surface area contributed by atoms with E-state index in [4.69, 9.17) is 4.74 Å². The van der Waals surface area contributed by atoms with Crippen LogP contribution in [0.4, 0.5) is 13.6 Å². The number of rotatable bonds is 12. The molecule has 3 rings (SSSR count). The van der Waals surface area contributed by atoms with Crippen LogP contribution in [-0.4, -0.2) is 43.1 Å². The molecule has 2 aromatic rings. The number of hydrogen-bond acceptors (Lipinski definition) is 4. The van der Waals surface area contributed by atoms with E-state index in [2.05, 4.69) is 31.9 Å². The van der Waals surface area contributed by atoms with Crippen molar-refractivity contribution < 1.29 is 27.9 Å². The van der Waals surface area contributed by atoms with E-state index in [1.165, 1.54) is 0 Å². The molecule has 0 spiro atoms. The fraction of sp³-hybridized carbons (Fsp3) is 0.400. The maximum atomic E-state index is 13.6. The first-order chi connectivity index (χ1) is 16.8. The number of amides is 3. The highest BCUT2D eigenvalue weighted by Crippen LogP contribution is 2.17. The van der Waals surface area contributed by atoms with Gasteiger partial charge in [-0.3, -0.25) is 9.59 Å². The fourth-order valence-corrected chi connectivity index (χ4v) is 4.04. The summed E-state index contributed by atoms with van der Waals surface area (Å²) in [5.74, 6) is -1.50. The van der Waals surface area contributed by atoms with Crippen molar-refractivity contribution in [3.8, 4) is 0 Å². The molecule has 188 valence electrons. The molecule has 0 aromatic heterocycles. The lowest BCUT2D eigenvalue weighted by Crippen LogP contribution is -2.44. The SMILES string of the molecule is O=C(CCCc1cc(F)ccc1F)NCCCCNC(=O)[C@H]1OC(=O)N[C@@H]1Cc1ccc(Br)cc1. The molecule has 0 aliphatic carbocycles. The number of hydrogen-bond donors (Lipinski definition) is 3. The van der Waals surface area contributed by atoms with Gasteiger partial charge in [-0.1, -0.05) is 28.1 Å². The van der Waals surface area contributed by atoms with E-state index in [0.717, 1.165) is 28.2 Å². The van der Waals surface area contributed by atoms with E-state index in [1.54, 1.807) is 0 Å². The Kier molecular flexibility index (Phi) is 10.0. The molecule has 2 aromatic carbocycles. The first-order valence-corrected chi connectivity index (χ1v) is 12.3. The molecule has 0 saturated carbocycles. The minimum absolute atomic E-state index is 0.162. The molecule has 1 fully saturated rings. The third-order valence-electron chi connectivity index (χ3n) is 5.61. The second kappa shape index (κ2) is 13.2. The summed E-state index contributed by atoms with van der Waals surface area (Å²) in [6.45, 7) is 0.821. The molecular formula is C25H28BrF2N3O4. The van der Waals surface area contributed by atoms with Gasteiger partial charge in [0.15, 0.2) is 0 Å². The third kappa shape index (κ3) is 8.61. The van der Waals surface area contributed by atoms with Crippen molar-refractivity contribution in [2.45, 2.75) is 50.7 Å². The van der Waals surface area contributed by atoms with Crippen molar-refractivity contribution in [1.29, 1.82) is 0 Å². The average Bonchev–Trinajstić information content (AvgIpc) is 3.19. The highest BCUT2D eigenvalue weighted by molar-refractivity contribution is 9.10. The van der Waals surface area contributed by atoms with Gasteiger partial charge in [0, 0.05) is 24.0 Å². The summed E-state index contributed by atoms with van der Waals surface area (Å²) in [6, 6.07) is 10.5. The summed E-state index contributed by atoms with van der Waals surface area (Å²) in [5.41, 5.74) is 1.23. The molecule has 2 atom stereocenters. The van der Waals surface area contributed by atoms with Gasteiger partial charge in [-0.15, -0.1) is 0 Å². The zero-order valence-electron chi connectivity index (χ0n) is 19.1. The minimum atomic E-state index is -0.909. The summed E-state index contributed by atoms with van der Waals surface area (Å²) in [4.78, 5) is 36.1. The van der Waals surface area contributed by atoms with Crippen LogP contribution in [0, 0.1) is 11.6 Å². The number of cyclic esters (lactones) is 1. The molecule has 1 saturated heterocycles. The molecule has 1 aliphatic rings. The Labute approximate surface area is 211 Å². The van der Waals surface area contributed by atoms with Crippen LogP contribution in [0.3, 0.4) is 0 Å². The van der Waals surface area contributed by atoms with Gasteiger partial charge < -0.3 is 20.7 Å². The lowest BCUT2D eigenvalue weighted by molar-refractivity contribution is -0.128. The van der Waals surface area contributed by atoms with E-state index in [1.807, 2.05) is 24.3 Å². The number of aryl methyl sites for hydroxylation is 1. The summed E-state index contributed by atoms with van der Waals surface area (Å²) < 4.78 is 32.9. The maximum Gasteiger partial charge on any atom is 0.408 e. The Balaban J connectivity index is 1.29. The van der Waals surface area contributed by atoms with Gasteiger partial charge >= 0.3 is 6.09 Å². The number of nitrogens with one attached hydrogen (secondary N) is 3. The molecule has 1 aliphatic heterocycles. The lowest BCUT2D eigenvalue weighted by atomic mass is 10.0. The lowest BCUT2D eigenvalue weighted by Gasteiger charge is -2.17. The summed E-state index contributed by atoms with van der Waals surface area (Å²) >= 11 is 3.38. The van der Waals surface area contributed by atoms with Crippen molar-refractivity contribution in [2.75, 3.05) is 13.1 Å². The van der Waals surface area contributed by atoms with E-state index in [9.17, 15) is 23.2 Å². The molecule has 10 heteroatoms. The van der Waals surface area contributed by atoms with Gasteiger partial charge in [-0.2, -0.15) is 0 Å². The van der Waals surface area contributed by atoms with Crippen LogP contribution in [0.1, 0.15) is 36.8 Å². The molecule has 1 heterocycles. The number of alkyl carbamates (subject to hydrolysis) is 1. The Bertz CT molecular complexity index is 1040. The van der Waals surface area contributed by atoms with Crippen LogP contribution in [0.2, 0.25) is 0 Å². The Morgan fingerprint density at radius 2 is 1.71 bits per heavy atom. The van der Waals surface area contributed by atoms with Gasteiger partial charge in [0.25, 0.3) is 5.91 Å². The van der Waals surface area contributed by atoms with Crippen LogP contribution < -0.4 is 16.0 Å². The minimum Gasteiger partial charge on any atom is -0.434 e. The second-order valence-electron chi connectivity index (χ2n) is 8.34. The van der Waals surface area contributed by atoms with E-state index in [0.29, 0.717) is 38.8 Å². The molecule has 0 radical (unpaired) electrons. The van der Waals surface area contributed by atoms with Gasteiger partial charge in [-0.25, -0.2) is 13.6 Å². The summed E-state index contributed by atoms with van der Waals surface area (Å²) in [7, 11) is 0. The molecule has 35 heavy (non-hydrogen) atoms. The summed E-state index contributed by atoms with van der Waals surface area (Å²) in [5, 5.41) is 8.24. The maximum absolute atomic E-state index is 13.6. The van der Waals surface area contributed by atoms with Crippen LogP contribution in [-0.2, 0) is 27.2 Å². The largest absolute Gasteiger partial charge is 0.434 e. The van der Waals surface area contributed by atoms with E-state index in [-0.39, 0.29) is 30.2 Å². The molecule has 0 bridgehead atoms. The third-order valence-corrected chi connectivity index (χ3v) is 6.14. The van der Waals surface area contributed by atoms with Crippen LogP contribution in [0.15, 0.2) is 46.9 Å². The van der Waals surface area contributed by atoms with Gasteiger partial charge in [-0.05, 0) is 73.6 Å². The first kappa shape index (κ1) is 26.6. The predicted octanol–water partition coefficient (Wildman–Crippen LogP) is 3.78. The quantitative estimate of drug-likeness (QED) is 0.350. The van der Waals surface area contributed by atoms with Crippen molar-refractivity contribution in [3.05, 3.63) is 69.7 Å². The Morgan fingerprint density at radius 3 is 2.46 bits per heavy atom. The molecular weight excluding hydrogens is 524 g/mol. The Hall–Kier alpha value is -3.01. The monoisotopic (exact) mass is 551 g/mol. The highest BCUT2D eigenvalue weighted by Gasteiger charge is 2.39.